The highest BCUT2D eigenvalue weighted by Crippen LogP contribution is 2.40. The summed E-state index contributed by atoms with van der Waals surface area (Å²) in [7, 11) is 0. The van der Waals surface area contributed by atoms with Crippen molar-refractivity contribution < 1.29 is 9.53 Å². The maximum absolute atomic E-state index is 12.5. The first-order valence-corrected chi connectivity index (χ1v) is 9.03. The molecule has 1 saturated carbocycles. The van der Waals surface area contributed by atoms with Crippen molar-refractivity contribution in [3.63, 3.8) is 0 Å². The Balaban J connectivity index is 1.47. The van der Waals surface area contributed by atoms with E-state index in [1.165, 1.54) is 19.3 Å². The predicted molar refractivity (Wildman–Crippen MR) is 88.2 cm³/mol. The van der Waals surface area contributed by atoms with Gasteiger partial charge in [-0.2, -0.15) is 0 Å². The number of hydrogen-bond donors (Lipinski definition) is 1. The van der Waals surface area contributed by atoms with Gasteiger partial charge in [-0.25, -0.2) is 4.68 Å². The van der Waals surface area contributed by atoms with Crippen LogP contribution in [-0.4, -0.2) is 70.4 Å². The Morgan fingerprint density at radius 2 is 2.00 bits per heavy atom. The summed E-state index contributed by atoms with van der Waals surface area (Å²) in [6.45, 7) is 5.84. The van der Waals surface area contributed by atoms with Gasteiger partial charge in [0.05, 0.1) is 19.8 Å². The van der Waals surface area contributed by atoms with Gasteiger partial charge in [0.25, 0.3) is 0 Å². The molecule has 0 atom stereocenters. The molecule has 1 aliphatic heterocycles. The molecule has 1 saturated heterocycles. The number of hydrogen-bond acceptors (Lipinski definition) is 6. The fourth-order valence-corrected chi connectivity index (χ4v) is 3.87. The van der Waals surface area contributed by atoms with Gasteiger partial charge in [0.2, 0.25) is 5.91 Å². The Morgan fingerprint density at radius 1 is 1.21 bits per heavy atom. The molecule has 0 spiro atoms. The average molecular weight is 336 g/mol. The van der Waals surface area contributed by atoms with Crippen LogP contribution in [0.2, 0.25) is 0 Å². The molecule has 1 N–H and O–H groups in total. The van der Waals surface area contributed by atoms with Gasteiger partial charge in [0, 0.05) is 32.6 Å². The third-order valence-corrected chi connectivity index (χ3v) is 5.19. The summed E-state index contributed by atoms with van der Waals surface area (Å²) < 4.78 is 7.11. The topological polar surface area (TPSA) is 85.2 Å². The van der Waals surface area contributed by atoms with Crippen LogP contribution in [0.3, 0.4) is 0 Å². The number of rotatable bonds is 7. The van der Waals surface area contributed by atoms with E-state index in [-0.39, 0.29) is 11.3 Å². The van der Waals surface area contributed by atoms with Crippen LogP contribution in [0.15, 0.2) is 6.33 Å². The largest absolute Gasteiger partial charge is 0.379 e. The lowest BCUT2D eigenvalue weighted by molar-refractivity contribution is -0.124. The van der Waals surface area contributed by atoms with Crippen LogP contribution < -0.4 is 5.32 Å². The first-order valence-electron chi connectivity index (χ1n) is 9.03. The minimum atomic E-state index is -0.00330. The van der Waals surface area contributed by atoms with Gasteiger partial charge in [-0.05, 0) is 28.7 Å². The van der Waals surface area contributed by atoms with E-state index in [2.05, 4.69) is 25.7 Å². The van der Waals surface area contributed by atoms with Crippen LogP contribution in [0.4, 0.5) is 0 Å². The first kappa shape index (κ1) is 17.3. The Kier molecular flexibility index (Phi) is 6.14. The number of tetrazole rings is 1. The average Bonchev–Trinajstić information content (AvgIpc) is 3.09. The van der Waals surface area contributed by atoms with E-state index in [1.54, 1.807) is 11.0 Å². The maximum Gasteiger partial charge on any atom is 0.220 e. The van der Waals surface area contributed by atoms with Gasteiger partial charge < -0.3 is 10.1 Å². The number of aromatic nitrogens is 4. The highest BCUT2D eigenvalue weighted by atomic mass is 16.5. The lowest BCUT2D eigenvalue weighted by Gasteiger charge is -2.36. The highest BCUT2D eigenvalue weighted by Gasteiger charge is 2.35. The molecule has 0 aromatic carbocycles. The van der Waals surface area contributed by atoms with Gasteiger partial charge in [-0.1, -0.05) is 19.3 Å². The molecule has 0 radical (unpaired) electrons. The molecule has 1 amide bonds. The smallest absolute Gasteiger partial charge is 0.220 e. The summed E-state index contributed by atoms with van der Waals surface area (Å²) in [6.07, 6.45) is 7.98. The quantitative estimate of drug-likeness (QED) is 0.779. The van der Waals surface area contributed by atoms with Crippen LogP contribution in [0, 0.1) is 5.41 Å². The van der Waals surface area contributed by atoms with Gasteiger partial charge in [0.15, 0.2) is 0 Å². The molecular formula is C16H28N6O2. The van der Waals surface area contributed by atoms with Crippen molar-refractivity contribution in [1.29, 1.82) is 0 Å². The normalized spacial score (nSPS) is 21.5. The standard InChI is InChI=1S/C16H28N6O2/c23-15(17-6-7-21-8-10-24-11-9-21)12-16(4-2-1-3-5-16)13-22-14-18-19-20-22/h14H,1-13H2,(H,17,23). The lowest BCUT2D eigenvalue weighted by atomic mass is 9.71. The van der Waals surface area contributed by atoms with E-state index in [4.69, 9.17) is 4.74 Å². The second-order valence-corrected chi connectivity index (χ2v) is 7.05. The van der Waals surface area contributed by atoms with Crippen molar-refractivity contribution in [2.45, 2.75) is 45.1 Å². The van der Waals surface area contributed by atoms with Crippen molar-refractivity contribution in [3.8, 4) is 0 Å². The molecule has 0 unspecified atom stereocenters. The Hall–Kier alpha value is -1.54. The van der Waals surface area contributed by atoms with E-state index < -0.39 is 0 Å². The van der Waals surface area contributed by atoms with Gasteiger partial charge in [-0.3, -0.25) is 9.69 Å². The zero-order chi connectivity index (χ0) is 16.7. The second-order valence-electron chi connectivity index (χ2n) is 7.05. The zero-order valence-corrected chi connectivity index (χ0v) is 14.3. The number of amides is 1. The Morgan fingerprint density at radius 3 is 2.71 bits per heavy atom. The summed E-state index contributed by atoms with van der Waals surface area (Å²) in [5, 5.41) is 14.5. The van der Waals surface area contributed by atoms with Crippen LogP contribution >= 0.6 is 0 Å². The Bertz CT molecular complexity index is 495. The molecule has 8 heteroatoms. The van der Waals surface area contributed by atoms with E-state index in [9.17, 15) is 4.79 Å². The van der Waals surface area contributed by atoms with Crippen molar-refractivity contribution in [2.75, 3.05) is 39.4 Å². The number of ether oxygens (including phenoxy) is 1. The monoisotopic (exact) mass is 336 g/mol. The minimum absolute atomic E-state index is 0.00330. The zero-order valence-electron chi connectivity index (χ0n) is 14.3. The molecule has 1 aliphatic carbocycles. The van der Waals surface area contributed by atoms with Gasteiger partial charge >= 0.3 is 0 Å². The third-order valence-electron chi connectivity index (χ3n) is 5.19. The summed E-state index contributed by atoms with van der Waals surface area (Å²) in [5.41, 5.74) is -0.00330. The van der Waals surface area contributed by atoms with E-state index in [1.807, 2.05) is 0 Å². The van der Waals surface area contributed by atoms with Crippen LogP contribution in [0.25, 0.3) is 0 Å². The summed E-state index contributed by atoms with van der Waals surface area (Å²) in [6, 6.07) is 0. The lowest BCUT2D eigenvalue weighted by Crippen LogP contribution is -2.42. The molecule has 2 aliphatic rings. The maximum atomic E-state index is 12.5. The molecule has 1 aromatic heterocycles. The number of nitrogens with one attached hydrogen (secondary N) is 1. The minimum Gasteiger partial charge on any atom is -0.379 e. The number of nitrogens with zero attached hydrogens (tertiary/aromatic N) is 5. The second kappa shape index (κ2) is 8.53. The number of carbonyl (C=O) groups is 1. The molecule has 2 fully saturated rings. The highest BCUT2D eigenvalue weighted by molar-refractivity contribution is 5.76. The number of morpholine rings is 1. The summed E-state index contributed by atoms with van der Waals surface area (Å²) >= 11 is 0. The third kappa shape index (κ3) is 4.98. The molecule has 134 valence electrons. The van der Waals surface area contributed by atoms with E-state index >= 15 is 0 Å². The first-order chi connectivity index (χ1) is 11.8. The van der Waals surface area contributed by atoms with E-state index in [0.29, 0.717) is 13.0 Å². The van der Waals surface area contributed by atoms with E-state index in [0.717, 1.165) is 52.2 Å². The van der Waals surface area contributed by atoms with Crippen LogP contribution in [-0.2, 0) is 16.1 Å². The van der Waals surface area contributed by atoms with Crippen molar-refractivity contribution in [3.05, 3.63) is 6.33 Å². The SMILES string of the molecule is O=C(CC1(Cn2cnnn2)CCCCC1)NCCN1CCOCC1. The van der Waals surface area contributed by atoms with Gasteiger partial charge in [-0.15, -0.1) is 5.10 Å². The molecule has 1 aromatic rings. The number of carbonyl (C=O) groups excluding carboxylic acids is 1. The van der Waals surface area contributed by atoms with Crippen molar-refractivity contribution >= 4 is 5.91 Å². The summed E-state index contributed by atoms with van der Waals surface area (Å²) in [5.74, 6) is 0.151. The van der Waals surface area contributed by atoms with Crippen LogP contribution in [0.5, 0.6) is 0 Å². The fourth-order valence-electron chi connectivity index (χ4n) is 3.87. The molecular weight excluding hydrogens is 308 g/mol. The Labute approximate surface area is 142 Å². The predicted octanol–water partition coefficient (Wildman–Crippen LogP) is 0.462. The molecule has 0 bridgehead atoms. The fraction of sp³-hybridized carbons (Fsp3) is 0.875. The van der Waals surface area contributed by atoms with Gasteiger partial charge in [0.1, 0.15) is 6.33 Å². The molecule has 24 heavy (non-hydrogen) atoms. The van der Waals surface area contributed by atoms with Crippen LogP contribution in [0.1, 0.15) is 38.5 Å². The van der Waals surface area contributed by atoms with Crippen molar-refractivity contribution in [2.24, 2.45) is 5.41 Å². The molecule has 8 nitrogen and oxygen atoms in total. The molecule has 3 rings (SSSR count). The summed E-state index contributed by atoms with van der Waals surface area (Å²) in [4.78, 5) is 14.8. The molecule has 2 heterocycles. The van der Waals surface area contributed by atoms with Crippen molar-refractivity contribution in [1.82, 2.24) is 30.4 Å².